The van der Waals surface area contributed by atoms with Crippen LogP contribution in [0.4, 0.5) is 5.69 Å². The Morgan fingerprint density at radius 2 is 2.20 bits per heavy atom. The molecule has 2 nitrogen and oxygen atoms in total. The molecule has 0 amide bonds. The molecule has 1 aliphatic heterocycles. The van der Waals surface area contributed by atoms with Gasteiger partial charge < -0.3 is 10.6 Å². The Hall–Kier alpha value is -0.800. The predicted molar refractivity (Wildman–Crippen MR) is 91.8 cm³/mol. The summed E-state index contributed by atoms with van der Waals surface area (Å²) in [6, 6.07) is 5.91. The topological polar surface area (TPSA) is 29.3 Å². The van der Waals surface area contributed by atoms with Crippen LogP contribution in [-0.2, 0) is 0 Å². The van der Waals surface area contributed by atoms with Gasteiger partial charge in [-0.05, 0) is 43.4 Å². The van der Waals surface area contributed by atoms with Gasteiger partial charge in [0.25, 0.3) is 0 Å². The molecule has 20 heavy (non-hydrogen) atoms. The summed E-state index contributed by atoms with van der Waals surface area (Å²) in [5.74, 6) is 0.875. The fourth-order valence-corrected chi connectivity index (χ4v) is 3.45. The lowest BCUT2D eigenvalue weighted by Gasteiger charge is -2.24. The van der Waals surface area contributed by atoms with E-state index in [1.165, 1.54) is 32.1 Å². The van der Waals surface area contributed by atoms with Gasteiger partial charge in [-0.15, -0.1) is 0 Å². The van der Waals surface area contributed by atoms with Gasteiger partial charge in [0, 0.05) is 18.7 Å². The standard InChI is InChI=1S/C16H23ClN2S/c1-2-4-12-5-3-9-19(10-8-12)15-7-6-13(16(18)20)11-14(15)17/h6-7,11-12H,2-5,8-10H2,1H3,(H2,18,20). The molecule has 1 atom stereocenters. The first kappa shape index (κ1) is 15.6. The van der Waals surface area contributed by atoms with Crippen molar-refractivity contribution in [2.24, 2.45) is 11.7 Å². The molecule has 1 aromatic carbocycles. The SMILES string of the molecule is CCCC1CCCN(c2ccc(C(N)=S)cc2Cl)CC1. The van der Waals surface area contributed by atoms with E-state index in [4.69, 9.17) is 29.6 Å². The minimum Gasteiger partial charge on any atom is -0.389 e. The first-order valence-electron chi connectivity index (χ1n) is 7.46. The van der Waals surface area contributed by atoms with Gasteiger partial charge in [-0.2, -0.15) is 0 Å². The van der Waals surface area contributed by atoms with Crippen LogP contribution in [0.5, 0.6) is 0 Å². The Morgan fingerprint density at radius 3 is 2.85 bits per heavy atom. The van der Waals surface area contributed by atoms with Crippen LogP contribution in [0, 0.1) is 5.92 Å². The highest BCUT2D eigenvalue weighted by Gasteiger charge is 2.18. The van der Waals surface area contributed by atoms with E-state index in [2.05, 4.69) is 17.9 Å². The third-order valence-electron chi connectivity index (χ3n) is 4.12. The van der Waals surface area contributed by atoms with Crippen LogP contribution in [0.25, 0.3) is 0 Å². The molecule has 0 aromatic heterocycles. The highest BCUT2D eigenvalue weighted by atomic mass is 35.5. The van der Waals surface area contributed by atoms with Crippen LogP contribution in [-0.4, -0.2) is 18.1 Å². The van der Waals surface area contributed by atoms with Crippen LogP contribution >= 0.6 is 23.8 Å². The minimum atomic E-state index is 0.400. The van der Waals surface area contributed by atoms with Gasteiger partial charge in [-0.1, -0.05) is 43.6 Å². The van der Waals surface area contributed by atoms with Crippen molar-refractivity contribution in [3.05, 3.63) is 28.8 Å². The number of nitrogens with zero attached hydrogens (tertiary/aromatic N) is 1. The quantitative estimate of drug-likeness (QED) is 0.837. The number of hydrogen-bond acceptors (Lipinski definition) is 2. The van der Waals surface area contributed by atoms with E-state index < -0.39 is 0 Å². The van der Waals surface area contributed by atoms with Crippen molar-refractivity contribution in [2.45, 2.75) is 39.0 Å². The smallest absolute Gasteiger partial charge is 0.104 e. The average molecular weight is 311 g/mol. The van der Waals surface area contributed by atoms with Crippen LogP contribution in [0.15, 0.2) is 18.2 Å². The van der Waals surface area contributed by atoms with Crippen molar-refractivity contribution in [2.75, 3.05) is 18.0 Å². The molecule has 0 spiro atoms. The van der Waals surface area contributed by atoms with Gasteiger partial charge in [-0.25, -0.2) is 0 Å². The van der Waals surface area contributed by atoms with E-state index in [-0.39, 0.29) is 0 Å². The molecule has 0 radical (unpaired) electrons. The fourth-order valence-electron chi connectivity index (χ4n) is 3.02. The van der Waals surface area contributed by atoms with E-state index in [0.29, 0.717) is 4.99 Å². The molecular weight excluding hydrogens is 288 g/mol. The van der Waals surface area contributed by atoms with E-state index >= 15 is 0 Å². The zero-order valence-electron chi connectivity index (χ0n) is 12.1. The lowest BCUT2D eigenvalue weighted by molar-refractivity contribution is 0.435. The van der Waals surface area contributed by atoms with Gasteiger partial charge in [0.1, 0.15) is 4.99 Å². The Morgan fingerprint density at radius 1 is 1.40 bits per heavy atom. The van der Waals surface area contributed by atoms with E-state index in [9.17, 15) is 0 Å². The summed E-state index contributed by atoms with van der Waals surface area (Å²) >= 11 is 11.4. The first-order chi connectivity index (χ1) is 9.61. The maximum atomic E-state index is 6.40. The van der Waals surface area contributed by atoms with Gasteiger partial charge in [0.15, 0.2) is 0 Å². The number of rotatable bonds is 4. The van der Waals surface area contributed by atoms with Crippen molar-refractivity contribution >= 4 is 34.5 Å². The van der Waals surface area contributed by atoms with Gasteiger partial charge in [0.2, 0.25) is 0 Å². The summed E-state index contributed by atoms with van der Waals surface area (Å²) in [6.45, 7) is 4.46. The highest BCUT2D eigenvalue weighted by Crippen LogP contribution is 2.31. The second-order valence-corrected chi connectivity index (χ2v) is 6.45. The third-order valence-corrected chi connectivity index (χ3v) is 4.66. The Kier molecular flexibility index (Phi) is 5.67. The first-order valence-corrected chi connectivity index (χ1v) is 8.24. The second kappa shape index (κ2) is 7.28. The molecule has 1 saturated heterocycles. The van der Waals surface area contributed by atoms with Crippen molar-refractivity contribution in [3.8, 4) is 0 Å². The summed E-state index contributed by atoms with van der Waals surface area (Å²) in [6.07, 6.45) is 6.49. The maximum Gasteiger partial charge on any atom is 0.104 e. The molecule has 4 heteroatoms. The summed E-state index contributed by atoms with van der Waals surface area (Å²) in [5.41, 5.74) is 7.60. The number of hydrogen-bond donors (Lipinski definition) is 1. The fraction of sp³-hybridized carbons (Fsp3) is 0.562. The van der Waals surface area contributed by atoms with Crippen LogP contribution in [0.1, 0.15) is 44.6 Å². The summed E-state index contributed by atoms with van der Waals surface area (Å²) in [4.78, 5) is 2.80. The normalized spacial score (nSPS) is 19.7. The zero-order chi connectivity index (χ0) is 14.5. The van der Waals surface area contributed by atoms with Crippen molar-refractivity contribution in [3.63, 3.8) is 0 Å². The van der Waals surface area contributed by atoms with E-state index in [1.54, 1.807) is 0 Å². The third kappa shape index (κ3) is 3.86. The molecule has 0 aliphatic carbocycles. The minimum absolute atomic E-state index is 0.400. The largest absolute Gasteiger partial charge is 0.389 e. The highest BCUT2D eigenvalue weighted by molar-refractivity contribution is 7.80. The van der Waals surface area contributed by atoms with Crippen LogP contribution in [0.3, 0.4) is 0 Å². The monoisotopic (exact) mass is 310 g/mol. The molecule has 1 aromatic rings. The summed E-state index contributed by atoms with van der Waals surface area (Å²) in [5, 5.41) is 0.754. The summed E-state index contributed by atoms with van der Waals surface area (Å²) in [7, 11) is 0. The molecule has 0 saturated carbocycles. The Balaban J connectivity index is 2.09. The molecule has 110 valence electrons. The number of halogens is 1. The average Bonchev–Trinajstić information content (AvgIpc) is 2.65. The van der Waals surface area contributed by atoms with Crippen molar-refractivity contribution in [1.29, 1.82) is 0 Å². The molecule has 1 fully saturated rings. The van der Waals surface area contributed by atoms with E-state index in [1.807, 2.05) is 12.1 Å². The molecule has 2 rings (SSSR count). The molecule has 0 bridgehead atoms. The summed E-state index contributed by atoms with van der Waals surface area (Å²) < 4.78 is 0. The number of thiocarbonyl (C=S) groups is 1. The Bertz CT molecular complexity index is 476. The van der Waals surface area contributed by atoms with Crippen molar-refractivity contribution < 1.29 is 0 Å². The number of nitrogens with two attached hydrogens (primary N) is 1. The van der Waals surface area contributed by atoms with Crippen LogP contribution < -0.4 is 10.6 Å². The number of benzene rings is 1. The lowest BCUT2D eigenvalue weighted by atomic mass is 9.96. The van der Waals surface area contributed by atoms with Gasteiger partial charge in [0.05, 0.1) is 10.7 Å². The predicted octanol–water partition coefficient (Wildman–Crippen LogP) is 4.38. The molecular formula is C16H23ClN2S. The van der Waals surface area contributed by atoms with Gasteiger partial charge in [-0.3, -0.25) is 0 Å². The maximum absolute atomic E-state index is 6.40. The molecule has 1 aliphatic rings. The second-order valence-electron chi connectivity index (χ2n) is 5.60. The lowest BCUT2D eigenvalue weighted by Crippen LogP contribution is -2.24. The van der Waals surface area contributed by atoms with Crippen LogP contribution in [0.2, 0.25) is 5.02 Å². The molecule has 2 N–H and O–H groups in total. The Labute approximate surface area is 132 Å². The molecule has 1 heterocycles. The van der Waals surface area contributed by atoms with Crippen molar-refractivity contribution in [1.82, 2.24) is 0 Å². The zero-order valence-corrected chi connectivity index (χ0v) is 13.6. The van der Waals surface area contributed by atoms with E-state index in [0.717, 1.165) is 35.3 Å². The van der Waals surface area contributed by atoms with Gasteiger partial charge >= 0.3 is 0 Å². The number of anilines is 1. The molecule has 1 unspecified atom stereocenters.